The van der Waals surface area contributed by atoms with E-state index in [2.05, 4.69) is 25.3 Å². The monoisotopic (exact) mass is 388 g/mol. The maximum Gasteiger partial charge on any atom is 0.352 e. The molecule has 4 N–H and O–H groups in total. The van der Waals surface area contributed by atoms with Crippen molar-refractivity contribution in [3.63, 3.8) is 0 Å². The number of aliphatic hydroxyl groups is 2. The highest BCUT2D eigenvalue weighted by atomic mass is 19.1. The third-order valence-corrected chi connectivity index (χ3v) is 3.60. The number of nitrogens with zero attached hydrogens (tertiary/aromatic N) is 5. The molecule has 0 saturated carbocycles. The van der Waals surface area contributed by atoms with Crippen LogP contribution in [-0.2, 0) is 9.63 Å². The van der Waals surface area contributed by atoms with Gasteiger partial charge in [-0.25, -0.2) is 14.0 Å². The molecule has 0 fully saturated rings. The molecule has 0 spiro atoms. The number of anilines is 1. The Labute approximate surface area is 152 Å². The van der Waals surface area contributed by atoms with Crippen molar-refractivity contribution >= 4 is 11.8 Å². The lowest BCUT2D eigenvalue weighted by Crippen LogP contribution is -2.39. The molecule has 1 heterocycles. The summed E-state index contributed by atoms with van der Waals surface area (Å²) in [7, 11) is 0. The largest absolute Gasteiger partial charge is 0.480 e. The van der Waals surface area contributed by atoms with Crippen molar-refractivity contribution < 1.29 is 29.3 Å². The molecule has 1 rings (SSSR count). The van der Waals surface area contributed by atoms with Crippen molar-refractivity contribution in [3.05, 3.63) is 33.2 Å². The molecule has 1 aromatic heterocycles. The van der Waals surface area contributed by atoms with E-state index in [-0.39, 0.29) is 18.2 Å². The van der Waals surface area contributed by atoms with Gasteiger partial charge in [0.15, 0.2) is 6.17 Å². The fourth-order valence-corrected chi connectivity index (χ4v) is 2.17. The number of carboxylic acids is 1. The average molecular weight is 388 g/mol. The van der Waals surface area contributed by atoms with Crippen molar-refractivity contribution in [2.75, 3.05) is 11.9 Å². The Balaban J connectivity index is 3.16. The zero-order chi connectivity index (χ0) is 20.6. The summed E-state index contributed by atoms with van der Waals surface area (Å²) in [4.78, 5) is 33.9. The van der Waals surface area contributed by atoms with Crippen molar-refractivity contribution in [1.29, 1.82) is 0 Å². The summed E-state index contributed by atoms with van der Waals surface area (Å²) < 4.78 is 15.0. The number of halogens is 1. The average Bonchev–Trinajstić information content (AvgIpc) is 2.60. The zero-order valence-electron chi connectivity index (χ0n) is 14.6. The molecule has 13 heteroatoms. The van der Waals surface area contributed by atoms with Crippen molar-refractivity contribution in [2.45, 2.75) is 44.8 Å². The maximum absolute atomic E-state index is 14.4. The van der Waals surface area contributed by atoms with E-state index in [4.69, 9.17) is 15.7 Å². The van der Waals surface area contributed by atoms with Crippen LogP contribution in [0.25, 0.3) is 10.4 Å². The summed E-state index contributed by atoms with van der Waals surface area (Å²) in [6, 6.07) is 0.195. The van der Waals surface area contributed by atoms with E-state index in [1.807, 2.05) is 0 Å². The first-order valence-electron chi connectivity index (χ1n) is 7.94. The van der Waals surface area contributed by atoms with Crippen LogP contribution in [0.15, 0.2) is 22.3 Å². The predicted octanol–water partition coefficient (Wildman–Crippen LogP) is 0.586. The lowest BCUT2D eigenvalue weighted by atomic mass is 10.1. The van der Waals surface area contributed by atoms with Gasteiger partial charge in [-0.3, -0.25) is 4.57 Å². The summed E-state index contributed by atoms with van der Waals surface area (Å²) in [6.07, 6.45) is -5.04. The van der Waals surface area contributed by atoms with Crippen LogP contribution >= 0.6 is 0 Å². The second kappa shape index (κ2) is 10.3. The van der Waals surface area contributed by atoms with Gasteiger partial charge in [0.2, 0.25) is 6.23 Å². The Hall–Kier alpha value is -2.89. The normalized spacial score (nSPS) is 15.3. The van der Waals surface area contributed by atoms with Gasteiger partial charge in [0.1, 0.15) is 17.1 Å². The van der Waals surface area contributed by atoms with E-state index in [0.29, 0.717) is 4.57 Å². The fraction of sp³-hybridized carbons (Fsp3) is 0.643. The number of aliphatic carboxylic acids is 1. The van der Waals surface area contributed by atoms with E-state index in [9.17, 15) is 19.1 Å². The molecule has 4 atom stereocenters. The molecule has 0 radical (unpaired) electrons. The number of azide groups is 1. The second-order valence-corrected chi connectivity index (χ2v) is 5.90. The summed E-state index contributed by atoms with van der Waals surface area (Å²) >= 11 is 0. The number of carboxylic acid groups (broad SMARTS) is 1. The van der Waals surface area contributed by atoms with E-state index in [1.165, 1.54) is 6.07 Å². The van der Waals surface area contributed by atoms with Crippen molar-refractivity contribution in [1.82, 2.24) is 9.55 Å². The molecule has 0 aliphatic heterocycles. The molecule has 150 valence electrons. The van der Waals surface area contributed by atoms with Crippen molar-refractivity contribution in [3.8, 4) is 0 Å². The molecule has 0 aliphatic rings. The molecule has 0 bridgehead atoms. The lowest BCUT2D eigenvalue weighted by molar-refractivity contribution is -0.138. The van der Waals surface area contributed by atoms with Crippen LogP contribution in [0.1, 0.15) is 26.5 Å². The minimum Gasteiger partial charge on any atom is -0.480 e. The summed E-state index contributed by atoms with van der Waals surface area (Å²) in [6.45, 7) is 2.80. The molecule has 0 amide bonds. The third-order valence-electron chi connectivity index (χ3n) is 3.60. The number of carbonyl (C=O) groups is 1. The highest BCUT2D eigenvalue weighted by Gasteiger charge is 2.32. The number of nitrogens with one attached hydrogen (secondary N) is 1. The molecule has 0 saturated heterocycles. The van der Waals surface area contributed by atoms with Gasteiger partial charge in [0.05, 0.1) is 6.10 Å². The Morgan fingerprint density at radius 1 is 1.56 bits per heavy atom. The number of hydrogen-bond donors (Lipinski definition) is 4. The number of aliphatic hydroxyl groups excluding tert-OH is 2. The molecule has 1 aromatic rings. The fourth-order valence-electron chi connectivity index (χ4n) is 2.17. The predicted molar refractivity (Wildman–Crippen MR) is 90.3 cm³/mol. The molecule has 2 unspecified atom stereocenters. The van der Waals surface area contributed by atoms with Gasteiger partial charge in [-0.1, -0.05) is 13.8 Å². The van der Waals surface area contributed by atoms with Crippen LogP contribution < -0.4 is 11.0 Å². The minimum atomic E-state index is -2.22. The first kappa shape index (κ1) is 22.2. The number of rotatable bonds is 11. The van der Waals surface area contributed by atoms with Gasteiger partial charge in [-0.2, -0.15) is 4.98 Å². The molecule has 0 aliphatic carbocycles. The van der Waals surface area contributed by atoms with Crippen LogP contribution in [0.3, 0.4) is 0 Å². The van der Waals surface area contributed by atoms with E-state index < -0.39 is 42.8 Å². The topological polar surface area (TPSA) is 183 Å². The minimum absolute atomic E-state index is 0.0637. The Morgan fingerprint density at radius 3 is 2.70 bits per heavy atom. The van der Waals surface area contributed by atoms with Crippen LogP contribution in [-0.4, -0.2) is 55.8 Å². The highest BCUT2D eigenvalue weighted by molar-refractivity contribution is 5.77. The Bertz CT molecular complexity index is 737. The standard InChI is InChI=1S/C14H21FN6O6/c1-7(2)11(13(24)25)17-9-3-5-21(14(26)18-9)12(27-20-19-16)10(15)8(23)4-6-22/h3,5,7-8,10-12,22-23H,4,6H2,1-2H3,(H,24,25)(H,17,18,26)/t8?,10-,11+,12?/m0/s1. The summed E-state index contributed by atoms with van der Waals surface area (Å²) in [5.41, 5.74) is 7.30. The lowest BCUT2D eigenvalue weighted by Gasteiger charge is -2.24. The van der Waals surface area contributed by atoms with Gasteiger partial charge in [-0.05, 0) is 23.9 Å². The van der Waals surface area contributed by atoms with Gasteiger partial charge in [0.25, 0.3) is 0 Å². The smallest absolute Gasteiger partial charge is 0.352 e. The third kappa shape index (κ3) is 6.09. The van der Waals surface area contributed by atoms with Crippen LogP contribution in [0, 0.1) is 5.92 Å². The van der Waals surface area contributed by atoms with Gasteiger partial charge in [0, 0.05) is 17.7 Å². The second-order valence-electron chi connectivity index (χ2n) is 5.90. The number of alkyl halides is 1. The highest BCUT2D eigenvalue weighted by Crippen LogP contribution is 2.21. The Kier molecular flexibility index (Phi) is 8.45. The molecule has 12 nitrogen and oxygen atoms in total. The maximum atomic E-state index is 14.4. The summed E-state index contributed by atoms with van der Waals surface area (Å²) in [5, 5.41) is 33.0. The molecule has 0 aromatic carbocycles. The zero-order valence-corrected chi connectivity index (χ0v) is 14.6. The molecular formula is C14H21FN6O6. The molecular weight excluding hydrogens is 367 g/mol. The van der Waals surface area contributed by atoms with E-state index in [0.717, 1.165) is 6.20 Å². The van der Waals surface area contributed by atoms with E-state index >= 15 is 0 Å². The number of aromatic nitrogens is 2. The van der Waals surface area contributed by atoms with Crippen molar-refractivity contribution in [2.24, 2.45) is 11.2 Å². The van der Waals surface area contributed by atoms with Gasteiger partial charge >= 0.3 is 11.7 Å². The van der Waals surface area contributed by atoms with Gasteiger partial charge in [-0.15, -0.1) is 0 Å². The summed E-state index contributed by atoms with van der Waals surface area (Å²) in [5.74, 6) is -1.51. The van der Waals surface area contributed by atoms with Crippen LogP contribution in [0.2, 0.25) is 0 Å². The Morgan fingerprint density at radius 2 is 2.22 bits per heavy atom. The van der Waals surface area contributed by atoms with Crippen LogP contribution in [0.5, 0.6) is 0 Å². The van der Waals surface area contributed by atoms with Crippen LogP contribution in [0.4, 0.5) is 10.2 Å². The molecule has 27 heavy (non-hydrogen) atoms. The quantitative estimate of drug-likeness (QED) is 0.184. The first-order chi connectivity index (χ1) is 12.7. The van der Waals surface area contributed by atoms with E-state index in [1.54, 1.807) is 13.8 Å². The SMILES string of the molecule is CC(C)[C@@H](Nc1ccn(C(ON=[N+]=[N-])[C@@H](F)C(O)CCO)c(=O)n1)C(=O)O. The number of hydrogen-bond acceptors (Lipinski definition) is 8. The van der Waals surface area contributed by atoms with Gasteiger partial charge < -0.3 is 25.5 Å². The first-order valence-corrected chi connectivity index (χ1v) is 7.94.